The number of nitrogens with zero attached hydrogens (tertiary/aromatic N) is 2. The van der Waals surface area contributed by atoms with Crippen LogP contribution in [-0.2, 0) is 16.1 Å². The van der Waals surface area contributed by atoms with Crippen molar-refractivity contribution in [2.45, 2.75) is 32.7 Å². The summed E-state index contributed by atoms with van der Waals surface area (Å²) in [4.78, 5) is 41.6. The summed E-state index contributed by atoms with van der Waals surface area (Å²) in [7, 11) is 0. The number of aromatic nitrogens is 1. The molecule has 1 aliphatic heterocycles. The first kappa shape index (κ1) is 12.8. The van der Waals surface area contributed by atoms with Gasteiger partial charge in [0.15, 0.2) is 0 Å². The zero-order valence-electron chi connectivity index (χ0n) is 11.2. The highest BCUT2D eigenvalue weighted by molar-refractivity contribution is 6.19. The molecule has 2 heterocycles. The van der Waals surface area contributed by atoms with E-state index in [2.05, 4.69) is 10.3 Å². The first-order chi connectivity index (χ1) is 9.53. The molecule has 2 aliphatic rings. The minimum Gasteiger partial charge on any atom is -0.277 e. The van der Waals surface area contributed by atoms with Crippen LogP contribution in [0.25, 0.3) is 0 Å². The van der Waals surface area contributed by atoms with Gasteiger partial charge in [-0.3, -0.25) is 24.8 Å². The highest BCUT2D eigenvalue weighted by Gasteiger charge is 2.57. The van der Waals surface area contributed by atoms with Crippen LogP contribution in [0.3, 0.4) is 0 Å². The Morgan fingerprint density at radius 2 is 2.05 bits per heavy atom. The molecule has 0 aromatic carbocycles. The molecule has 1 N–H and O–H groups in total. The number of pyridine rings is 1. The molecule has 0 bridgehead atoms. The van der Waals surface area contributed by atoms with Crippen LogP contribution >= 0.6 is 0 Å². The van der Waals surface area contributed by atoms with E-state index in [0.717, 1.165) is 17.0 Å². The van der Waals surface area contributed by atoms with Crippen LogP contribution in [0, 0.1) is 12.3 Å². The van der Waals surface area contributed by atoms with E-state index < -0.39 is 17.4 Å². The van der Waals surface area contributed by atoms with Crippen molar-refractivity contribution in [2.75, 3.05) is 0 Å². The molecule has 1 aliphatic carbocycles. The van der Waals surface area contributed by atoms with Crippen molar-refractivity contribution < 1.29 is 14.4 Å². The summed E-state index contributed by atoms with van der Waals surface area (Å²) in [6, 6.07) is 4.78. The highest BCUT2D eigenvalue weighted by atomic mass is 16.2. The number of carbonyl (C=O) groups excluding carboxylic acids is 3. The lowest BCUT2D eigenvalue weighted by Gasteiger charge is -2.44. The molecule has 3 rings (SSSR count). The molecule has 6 heteroatoms. The largest absolute Gasteiger partial charge is 0.331 e. The summed E-state index contributed by atoms with van der Waals surface area (Å²) in [5.41, 5.74) is 0.441. The number of nitrogens with one attached hydrogen (secondary N) is 1. The second kappa shape index (κ2) is 4.40. The lowest BCUT2D eigenvalue weighted by atomic mass is 9.66. The van der Waals surface area contributed by atoms with Gasteiger partial charge in [-0.1, -0.05) is 12.5 Å². The number of hydrogen-bond acceptors (Lipinski definition) is 4. The molecule has 0 unspecified atom stereocenters. The summed E-state index contributed by atoms with van der Waals surface area (Å²) >= 11 is 0. The van der Waals surface area contributed by atoms with Crippen LogP contribution in [0.1, 0.15) is 30.7 Å². The lowest BCUT2D eigenvalue weighted by Crippen LogP contribution is -2.65. The van der Waals surface area contributed by atoms with E-state index in [1.807, 2.05) is 19.1 Å². The third kappa shape index (κ3) is 1.79. The molecule has 20 heavy (non-hydrogen) atoms. The first-order valence-corrected chi connectivity index (χ1v) is 6.63. The Hall–Kier alpha value is -2.24. The molecule has 1 aromatic heterocycles. The molecule has 2 fully saturated rings. The molecule has 1 saturated heterocycles. The molecular formula is C14H15N3O3. The number of urea groups is 1. The average Bonchev–Trinajstić information content (AvgIpc) is 2.33. The average molecular weight is 273 g/mol. The second-order valence-corrected chi connectivity index (χ2v) is 5.36. The minimum absolute atomic E-state index is 0.0986. The van der Waals surface area contributed by atoms with Crippen molar-refractivity contribution in [2.24, 2.45) is 5.41 Å². The van der Waals surface area contributed by atoms with Crippen molar-refractivity contribution in [1.29, 1.82) is 0 Å². The summed E-state index contributed by atoms with van der Waals surface area (Å²) in [6.45, 7) is 1.94. The zero-order valence-corrected chi connectivity index (χ0v) is 11.2. The summed E-state index contributed by atoms with van der Waals surface area (Å²) in [6.07, 6.45) is 1.87. The molecule has 104 valence electrons. The number of rotatable bonds is 2. The topological polar surface area (TPSA) is 79.4 Å². The smallest absolute Gasteiger partial charge is 0.277 e. The van der Waals surface area contributed by atoms with E-state index in [0.29, 0.717) is 18.5 Å². The monoisotopic (exact) mass is 273 g/mol. The first-order valence-electron chi connectivity index (χ1n) is 6.63. The molecular weight excluding hydrogens is 258 g/mol. The Balaban J connectivity index is 1.86. The van der Waals surface area contributed by atoms with Crippen molar-refractivity contribution >= 4 is 17.8 Å². The van der Waals surface area contributed by atoms with Gasteiger partial charge in [0.2, 0.25) is 11.8 Å². The van der Waals surface area contributed by atoms with Gasteiger partial charge in [-0.25, -0.2) is 4.79 Å². The van der Waals surface area contributed by atoms with Crippen LogP contribution < -0.4 is 5.32 Å². The molecule has 6 nitrogen and oxygen atoms in total. The van der Waals surface area contributed by atoms with Gasteiger partial charge in [0.05, 0.1) is 12.2 Å². The molecule has 1 aromatic rings. The quantitative estimate of drug-likeness (QED) is 0.819. The molecule has 1 saturated carbocycles. The van der Waals surface area contributed by atoms with E-state index in [9.17, 15) is 14.4 Å². The van der Waals surface area contributed by atoms with Gasteiger partial charge in [0.25, 0.3) is 0 Å². The third-order valence-corrected chi connectivity index (χ3v) is 4.03. The van der Waals surface area contributed by atoms with E-state index in [1.165, 1.54) is 0 Å². The van der Waals surface area contributed by atoms with E-state index in [1.54, 1.807) is 6.07 Å². The maximum atomic E-state index is 12.5. The second-order valence-electron chi connectivity index (χ2n) is 5.36. The number of carbonyl (C=O) groups is 3. The van der Waals surface area contributed by atoms with Crippen LogP contribution in [0.5, 0.6) is 0 Å². The predicted octanol–water partition coefficient (Wildman–Crippen LogP) is 1.14. The van der Waals surface area contributed by atoms with Gasteiger partial charge in [-0.05, 0) is 31.9 Å². The fourth-order valence-corrected chi connectivity index (χ4v) is 2.70. The van der Waals surface area contributed by atoms with E-state index in [4.69, 9.17) is 0 Å². The van der Waals surface area contributed by atoms with Crippen molar-refractivity contribution in [1.82, 2.24) is 15.2 Å². The number of amides is 4. The highest BCUT2D eigenvalue weighted by Crippen LogP contribution is 2.44. The maximum Gasteiger partial charge on any atom is 0.331 e. The van der Waals surface area contributed by atoms with Crippen LogP contribution in [0.15, 0.2) is 18.2 Å². The SMILES string of the molecule is Cc1cccc(CN2C(=O)NC(=O)C3(CCC3)C2=O)n1. The van der Waals surface area contributed by atoms with Gasteiger partial charge in [0.1, 0.15) is 5.41 Å². The van der Waals surface area contributed by atoms with Crippen molar-refractivity contribution in [3.63, 3.8) is 0 Å². The van der Waals surface area contributed by atoms with Crippen molar-refractivity contribution in [3.05, 3.63) is 29.6 Å². The molecule has 0 atom stereocenters. The normalized spacial score (nSPS) is 20.9. The Bertz CT molecular complexity index is 607. The van der Waals surface area contributed by atoms with Crippen LogP contribution in [0.4, 0.5) is 4.79 Å². The number of aryl methyl sites for hydroxylation is 1. The predicted molar refractivity (Wildman–Crippen MR) is 69.3 cm³/mol. The Labute approximate surface area is 116 Å². The zero-order chi connectivity index (χ0) is 14.3. The molecule has 0 radical (unpaired) electrons. The Morgan fingerprint density at radius 3 is 2.65 bits per heavy atom. The number of barbiturate groups is 1. The standard InChI is InChI=1S/C14H15N3O3/c1-9-4-2-5-10(15-9)8-17-12(19)14(6-3-7-14)11(18)16-13(17)20/h2,4-5H,3,6-8H2,1H3,(H,16,18,20). The van der Waals surface area contributed by atoms with Crippen LogP contribution in [-0.4, -0.2) is 27.7 Å². The van der Waals surface area contributed by atoms with Gasteiger partial charge in [-0.15, -0.1) is 0 Å². The number of hydrogen-bond donors (Lipinski definition) is 1. The minimum atomic E-state index is -1.02. The lowest BCUT2D eigenvalue weighted by molar-refractivity contribution is -0.158. The Kier molecular flexibility index (Phi) is 2.81. The van der Waals surface area contributed by atoms with Crippen LogP contribution in [0.2, 0.25) is 0 Å². The van der Waals surface area contributed by atoms with Gasteiger partial charge in [-0.2, -0.15) is 0 Å². The fourth-order valence-electron chi connectivity index (χ4n) is 2.70. The van der Waals surface area contributed by atoms with E-state index in [-0.39, 0.29) is 12.5 Å². The van der Waals surface area contributed by atoms with Gasteiger partial charge < -0.3 is 0 Å². The summed E-state index contributed by atoms with van der Waals surface area (Å²) in [5, 5.41) is 2.29. The number of imide groups is 2. The molecule has 1 spiro atoms. The van der Waals surface area contributed by atoms with Gasteiger partial charge >= 0.3 is 6.03 Å². The van der Waals surface area contributed by atoms with Gasteiger partial charge in [0, 0.05) is 5.69 Å². The summed E-state index contributed by atoms with van der Waals surface area (Å²) in [5.74, 6) is -0.840. The van der Waals surface area contributed by atoms with Crippen molar-refractivity contribution in [3.8, 4) is 0 Å². The molecule has 4 amide bonds. The fraction of sp³-hybridized carbons (Fsp3) is 0.429. The summed E-state index contributed by atoms with van der Waals surface area (Å²) < 4.78 is 0. The Morgan fingerprint density at radius 1 is 1.30 bits per heavy atom. The van der Waals surface area contributed by atoms with E-state index >= 15 is 0 Å². The maximum absolute atomic E-state index is 12.5. The third-order valence-electron chi connectivity index (χ3n) is 4.03.